The van der Waals surface area contributed by atoms with Crippen LogP contribution < -0.4 is 10.9 Å². The minimum atomic E-state index is -0.215. The monoisotopic (exact) mass is 425 g/mol. The lowest BCUT2D eigenvalue weighted by Crippen LogP contribution is -2.26. The molecule has 2 aromatic carbocycles. The second-order valence-corrected chi connectivity index (χ2v) is 7.76. The molecule has 2 heterocycles. The smallest absolute Gasteiger partial charge is 0.261 e. The van der Waals surface area contributed by atoms with Crippen molar-refractivity contribution in [1.82, 2.24) is 9.55 Å². The number of amides is 1. The molecule has 1 N–H and O–H groups in total. The van der Waals surface area contributed by atoms with Crippen LogP contribution in [0.25, 0.3) is 10.9 Å². The van der Waals surface area contributed by atoms with Gasteiger partial charge in [0.15, 0.2) is 0 Å². The molecule has 5 nitrogen and oxygen atoms in total. The van der Waals surface area contributed by atoms with Crippen LogP contribution in [-0.2, 0) is 13.0 Å². The molecule has 6 heteroatoms. The van der Waals surface area contributed by atoms with Crippen molar-refractivity contribution >= 4 is 38.4 Å². The van der Waals surface area contributed by atoms with Gasteiger partial charge in [-0.25, -0.2) is 4.98 Å². The molecule has 3 aromatic rings. The average Bonchev–Trinajstić information content (AvgIpc) is 2.65. The number of fused-ring (bicyclic) bond motifs is 2. The van der Waals surface area contributed by atoms with Gasteiger partial charge in [0.05, 0.1) is 10.9 Å². The minimum absolute atomic E-state index is 0.00299. The van der Waals surface area contributed by atoms with E-state index < -0.39 is 0 Å². The second kappa shape index (κ2) is 7.64. The van der Waals surface area contributed by atoms with Gasteiger partial charge in [-0.05, 0) is 55.3 Å². The number of aryl methyl sites for hydroxylation is 1. The van der Waals surface area contributed by atoms with Gasteiger partial charge in [0.1, 0.15) is 5.82 Å². The number of nitrogens with one attached hydrogen (secondary N) is 1. The normalized spacial score (nSPS) is 14.3. The molecular formula is C21H20BrN3O2. The van der Waals surface area contributed by atoms with Gasteiger partial charge in [-0.15, -0.1) is 0 Å². The first-order valence-electron chi connectivity index (χ1n) is 9.22. The highest BCUT2D eigenvalue weighted by Crippen LogP contribution is 2.18. The molecule has 0 unspecified atom stereocenters. The topological polar surface area (TPSA) is 64.0 Å². The third-order valence-corrected chi connectivity index (χ3v) is 5.46. The predicted molar refractivity (Wildman–Crippen MR) is 110 cm³/mol. The fourth-order valence-corrected chi connectivity index (χ4v) is 3.74. The number of carbonyl (C=O) groups is 1. The lowest BCUT2D eigenvalue weighted by atomic mass is 10.1. The van der Waals surface area contributed by atoms with Gasteiger partial charge in [0, 0.05) is 28.7 Å². The summed E-state index contributed by atoms with van der Waals surface area (Å²) in [6.07, 6.45) is 5.18. The van der Waals surface area contributed by atoms with Gasteiger partial charge in [-0.2, -0.15) is 0 Å². The highest BCUT2D eigenvalue weighted by atomic mass is 79.9. The molecule has 0 saturated heterocycles. The summed E-state index contributed by atoms with van der Waals surface area (Å²) in [4.78, 5) is 30.2. The number of aromatic nitrogens is 2. The van der Waals surface area contributed by atoms with E-state index in [9.17, 15) is 9.59 Å². The van der Waals surface area contributed by atoms with Gasteiger partial charge in [0.2, 0.25) is 0 Å². The summed E-state index contributed by atoms with van der Waals surface area (Å²) in [5, 5.41) is 3.44. The number of nitrogens with zero attached hydrogens (tertiary/aromatic N) is 2. The van der Waals surface area contributed by atoms with E-state index in [1.807, 2.05) is 28.8 Å². The Morgan fingerprint density at radius 3 is 2.63 bits per heavy atom. The number of carbonyl (C=O) groups excluding carboxylic acids is 1. The summed E-state index contributed by atoms with van der Waals surface area (Å²) >= 11 is 3.38. The molecular weight excluding hydrogens is 406 g/mol. The number of halogens is 1. The average molecular weight is 426 g/mol. The molecule has 0 aliphatic carbocycles. The van der Waals surface area contributed by atoms with Crippen LogP contribution in [0.4, 0.5) is 5.69 Å². The van der Waals surface area contributed by atoms with E-state index in [1.165, 1.54) is 6.42 Å². The van der Waals surface area contributed by atoms with Crippen molar-refractivity contribution in [2.75, 3.05) is 5.32 Å². The number of rotatable bonds is 2. The first kappa shape index (κ1) is 17.9. The summed E-state index contributed by atoms with van der Waals surface area (Å²) in [5.41, 5.74) is 1.80. The predicted octanol–water partition coefficient (Wildman–Crippen LogP) is 4.53. The van der Waals surface area contributed by atoms with Gasteiger partial charge in [0.25, 0.3) is 11.5 Å². The minimum Gasteiger partial charge on any atom is -0.322 e. The lowest BCUT2D eigenvalue weighted by molar-refractivity contribution is 0.102. The molecule has 138 valence electrons. The van der Waals surface area contributed by atoms with E-state index in [0.717, 1.165) is 48.2 Å². The van der Waals surface area contributed by atoms with Crippen molar-refractivity contribution in [3.8, 4) is 0 Å². The van der Waals surface area contributed by atoms with E-state index in [-0.39, 0.29) is 11.5 Å². The molecule has 1 aromatic heterocycles. The lowest BCUT2D eigenvalue weighted by Gasteiger charge is -2.16. The van der Waals surface area contributed by atoms with Crippen LogP contribution in [0.2, 0.25) is 0 Å². The molecule has 0 spiro atoms. The second-order valence-electron chi connectivity index (χ2n) is 6.84. The summed E-state index contributed by atoms with van der Waals surface area (Å²) in [7, 11) is 0. The Morgan fingerprint density at radius 1 is 1.04 bits per heavy atom. The Kier molecular flexibility index (Phi) is 5.07. The highest BCUT2D eigenvalue weighted by molar-refractivity contribution is 9.10. The van der Waals surface area contributed by atoms with Crippen molar-refractivity contribution in [1.29, 1.82) is 0 Å². The van der Waals surface area contributed by atoms with Crippen LogP contribution in [0.15, 0.2) is 51.7 Å². The van der Waals surface area contributed by atoms with Crippen molar-refractivity contribution in [3.05, 3.63) is 68.7 Å². The standard InChI is InChI=1S/C21H20BrN3O2/c22-15-7-9-16(10-8-15)23-20(26)14-6-11-17-18(13-14)24-19-5-3-1-2-4-12-25(19)21(17)27/h6-11,13H,1-5,12H2,(H,23,26). The molecule has 1 aliphatic rings. The first-order valence-corrected chi connectivity index (χ1v) is 10.0. The van der Waals surface area contributed by atoms with Gasteiger partial charge in [-0.3, -0.25) is 14.2 Å². The highest BCUT2D eigenvalue weighted by Gasteiger charge is 2.15. The van der Waals surface area contributed by atoms with Gasteiger partial charge >= 0.3 is 0 Å². The quantitative estimate of drug-likeness (QED) is 0.655. The maximum absolute atomic E-state index is 12.9. The molecule has 0 saturated carbocycles. The molecule has 0 radical (unpaired) electrons. The third-order valence-electron chi connectivity index (χ3n) is 4.93. The Morgan fingerprint density at radius 2 is 1.81 bits per heavy atom. The number of anilines is 1. The van der Waals surface area contributed by atoms with Gasteiger partial charge < -0.3 is 5.32 Å². The van der Waals surface area contributed by atoms with Crippen LogP contribution in [0.5, 0.6) is 0 Å². The van der Waals surface area contributed by atoms with Gasteiger partial charge in [-0.1, -0.05) is 28.8 Å². The SMILES string of the molecule is O=C(Nc1ccc(Br)cc1)c1ccc2c(=O)n3c(nc2c1)CCCCCC3. The molecule has 0 atom stereocenters. The zero-order valence-corrected chi connectivity index (χ0v) is 16.5. The zero-order chi connectivity index (χ0) is 18.8. The molecule has 1 amide bonds. The number of hydrogen-bond donors (Lipinski definition) is 1. The fourth-order valence-electron chi connectivity index (χ4n) is 3.47. The van der Waals surface area contributed by atoms with Crippen molar-refractivity contribution in [2.45, 2.75) is 38.6 Å². The van der Waals surface area contributed by atoms with Crippen molar-refractivity contribution < 1.29 is 4.79 Å². The Labute approximate surface area is 165 Å². The van der Waals surface area contributed by atoms with Crippen LogP contribution in [0, 0.1) is 0 Å². The van der Waals surface area contributed by atoms with E-state index in [0.29, 0.717) is 16.5 Å². The summed E-state index contributed by atoms with van der Waals surface area (Å²) in [6.45, 7) is 0.725. The molecule has 0 bridgehead atoms. The van der Waals surface area contributed by atoms with E-state index in [1.54, 1.807) is 18.2 Å². The molecule has 0 fully saturated rings. The van der Waals surface area contributed by atoms with Crippen LogP contribution in [0.1, 0.15) is 41.9 Å². The Bertz CT molecular complexity index is 1060. The number of hydrogen-bond acceptors (Lipinski definition) is 3. The van der Waals surface area contributed by atoms with Crippen LogP contribution in [-0.4, -0.2) is 15.5 Å². The van der Waals surface area contributed by atoms with Crippen LogP contribution >= 0.6 is 15.9 Å². The van der Waals surface area contributed by atoms with Crippen LogP contribution in [0.3, 0.4) is 0 Å². The summed E-state index contributed by atoms with van der Waals surface area (Å²) in [6, 6.07) is 12.5. The third kappa shape index (κ3) is 3.81. The van der Waals surface area contributed by atoms with Crippen molar-refractivity contribution in [3.63, 3.8) is 0 Å². The molecule has 4 rings (SSSR count). The van der Waals surface area contributed by atoms with E-state index >= 15 is 0 Å². The number of benzene rings is 2. The zero-order valence-electron chi connectivity index (χ0n) is 14.9. The molecule has 1 aliphatic heterocycles. The van der Waals surface area contributed by atoms with E-state index in [2.05, 4.69) is 21.2 Å². The van der Waals surface area contributed by atoms with E-state index in [4.69, 9.17) is 4.98 Å². The maximum Gasteiger partial charge on any atom is 0.261 e. The van der Waals surface area contributed by atoms with Crippen molar-refractivity contribution in [2.24, 2.45) is 0 Å². The fraction of sp³-hybridized carbons (Fsp3) is 0.286. The maximum atomic E-state index is 12.9. The largest absolute Gasteiger partial charge is 0.322 e. The molecule has 27 heavy (non-hydrogen) atoms. The first-order chi connectivity index (χ1) is 13.1. The summed E-state index contributed by atoms with van der Waals surface area (Å²) in [5.74, 6) is 0.616. The Hall–Kier alpha value is -2.47. The Balaban J connectivity index is 1.69. The summed E-state index contributed by atoms with van der Waals surface area (Å²) < 4.78 is 2.76.